The van der Waals surface area contributed by atoms with Crippen molar-refractivity contribution in [2.75, 3.05) is 32.5 Å². The maximum Gasteiger partial charge on any atom is 0.416 e. The van der Waals surface area contributed by atoms with Crippen LogP contribution >= 0.6 is 0 Å². The molecule has 0 aromatic heterocycles. The molecule has 0 bridgehead atoms. The summed E-state index contributed by atoms with van der Waals surface area (Å²) < 4.78 is 43.0. The summed E-state index contributed by atoms with van der Waals surface area (Å²) in [5.41, 5.74) is -2.60. The van der Waals surface area contributed by atoms with Crippen molar-refractivity contribution in [1.82, 2.24) is 10.2 Å². The number of ketones is 2. The number of hydrogen-bond acceptors (Lipinski definition) is 10. The van der Waals surface area contributed by atoms with E-state index in [0.29, 0.717) is 12.6 Å². The summed E-state index contributed by atoms with van der Waals surface area (Å²) in [6.45, 7) is 3.88. The summed E-state index contributed by atoms with van der Waals surface area (Å²) in [4.78, 5) is 52.8. The average Bonchev–Trinajstić information content (AvgIpc) is 2.86. The normalized spacial score (nSPS) is 25.6. The van der Waals surface area contributed by atoms with Crippen LogP contribution in [0.15, 0.2) is 23.0 Å². The van der Waals surface area contributed by atoms with Crippen LogP contribution in [-0.4, -0.2) is 87.5 Å². The molecule has 0 unspecified atom stereocenters. The van der Waals surface area contributed by atoms with Gasteiger partial charge in [-0.1, -0.05) is 13.8 Å². The number of likely N-dealkylation sites (N-methyl/N-ethyl adjacent to an activating group) is 1. The molecule has 1 saturated carbocycles. The molecule has 0 heterocycles. The van der Waals surface area contributed by atoms with E-state index in [9.17, 15) is 52.8 Å². The number of amides is 2. The molecule has 1 aromatic carbocycles. The number of benzene rings is 1. The third-order valence-corrected chi connectivity index (χ3v) is 8.14. The minimum atomic E-state index is -5.02. The van der Waals surface area contributed by atoms with E-state index >= 15 is 0 Å². The van der Waals surface area contributed by atoms with E-state index in [1.807, 2.05) is 13.8 Å². The molecule has 1 fully saturated rings. The Morgan fingerprint density at radius 2 is 1.81 bits per heavy atom. The van der Waals surface area contributed by atoms with Crippen molar-refractivity contribution in [1.29, 1.82) is 0 Å². The van der Waals surface area contributed by atoms with E-state index in [1.54, 1.807) is 0 Å². The lowest BCUT2D eigenvalue weighted by Gasteiger charge is -2.50. The molecule has 4 rings (SSSR count). The zero-order chi connectivity index (χ0) is 32.3. The van der Waals surface area contributed by atoms with Gasteiger partial charge in [-0.3, -0.25) is 24.1 Å². The maximum absolute atomic E-state index is 14.3. The Balaban J connectivity index is 1.90. The highest BCUT2D eigenvalue weighted by Gasteiger charge is 2.64. The number of nitrogens with two attached hydrogens (primary N) is 1. The van der Waals surface area contributed by atoms with Crippen molar-refractivity contribution < 1.29 is 52.8 Å². The molecule has 234 valence electrons. The van der Waals surface area contributed by atoms with Crippen LogP contribution in [0, 0.1) is 17.8 Å². The molecule has 43 heavy (non-hydrogen) atoms. The molecule has 0 spiro atoms. The van der Waals surface area contributed by atoms with Crippen LogP contribution in [0.5, 0.6) is 5.75 Å². The Kier molecular flexibility index (Phi) is 8.15. The monoisotopic (exact) mass is 610 g/mol. The number of aliphatic hydroxyl groups is 3. The van der Waals surface area contributed by atoms with E-state index in [-0.39, 0.29) is 18.9 Å². The number of nitrogens with one attached hydrogen (secondary N) is 2. The number of fused-ring (bicyclic) bond motifs is 3. The molecule has 0 aliphatic heterocycles. The van der Waals surface area contributed by atoms with Crippen LogP contribution in [-0.2, 0) is 31.8 Å². The molecular formula is C28H33F3N4O8. The number of carbonyl (C=O) groups excluding carboxylic acids is 4. The summed E-state index contributed by atoms with van der Waals surface area (Å²) in [5, 5.41) is 49.8. The van der Waals surface area contributed by atoms with Gasteiger partial charge in [-0.05, 0) is 56.9 Å². The molecule has 1 aromatic rings. The number of aromatic hydroxyl groups is 1. The predicted molar refractivity (Wildman–Crippen MR) is 146 cm³/mol. The number of phenolic OH excluding ortho intramolecular Hbond substituents is 1. The minimum Gasteiger partial charge on any atom is -0.508 e. The summed E-state index contributed by atoms with van der Waals surface area (Å²) in [5.74, 6) is -10.4. The zero-order valence-corrected chi connectivity index (χ0v) is 23.8. The highest BCUT2D eigenvalue weighted by atomic mass is 19.4. The number of halogens is 3. The van der Waals surface area contributed by atoms with Gasteiger partial charge in [0.1, 0.15) is 22.8 Å². The molecule has 2 amide bonds. The fourth-order valence-corrected chi connectivity index (χ4v) is 6.33. The Morgan fingerprint density at radius 1 is 1.19 bits per heavy atom. The summed E-state index contributed by atoms with van der Waals surface area (Å²) in [7, 11) is 2.81. The van der Waals surface area contributed by atoms with Gasteiger partial charge in [0.05, 0.1) is 29.4 Å². The molecule has 8 N–H and O–H groups in total. The number of hydrogen-bond donors (Lipinski definition) is 7. The number of rotatable bonds is 7. The Bertz CT molecular complexity index is 1480. The third kappa shape index (κ3) is 5.14. The zero-order valence-electron chi connectivity index (χ0n) is 23.8. The molecule has 0 saturated heterocycles. The number of nitrogens with zero attached hydrogens (tertiary/aromatic N) is 1. The first-order valence-electron chi connectivity index (χ1n) is 13.4. The van der Waals surface area contributed by atoms with Crippen LogP contribution in [0.4, 0.5) is 18.9 Å². The Hall–Kier alpha value is -3.95. The fraction of sp³-hybridized carbons (Fsp3) is 0.500. The highest BCUT2D eigenvalue weighted by Crippen LogP contribution is 2.55. The third-order valence-electron chi connectivity index (χ3n) is 8.14. The summed E-state index contributed by atoms with van der Waals surface area (Å²) >= 11 is 0. The summed E-state index contributed by atoms with van der Waals surface area (Å²) in [6, 6.07) is -0.844. The Morgan fingerprint density at radius 3 is 2.35 bits per heavy atom. The smallest absolute Gasteiger partial charge is 0.416 e. The van der Waals surface area contributed by atoms with Crippen molar-refractivity contribution >= 4 is 34.8 Å². The topological polar surface area (TPSA) is 203 Å². The number of primary amides is 1. The second kappa shape index (κ2) is 11.0. The molecule has 3 aliphatic carbocycles. The van der Waals surface area contributed by atoms with Crippen LogP contribution in [0.3, 0.4) is 0 Å². The lowest BCUT2D eigenvalue weighted by molar-refractivity contribution is -0.153. The van der Waals surface area contributed by atoms with Crippen molar-refractivity contribution in [2.24, 2.45) is 23.5 Å². The van der Waals surface area contributed by atoms with E-state index in [4.69, 9.17) is 5.73 Å². The molecule has 3 aliphatic rings. The standard InChI is InChI=1S/C28H33F3N4O8/c1-10(2)8-33-9-16(36)34-15-7-13(28(29,30)31)12-5-11-6-14-20(35(3)4)23(39)19(26(32)42)25(41)27(14,43)24(40)17(11)22(38)18(12)21(15)37/h7,10-11,14,20,33,37-38,41,43H,5-6,8-9H2,1-4H3,(H2,32,42)(H,34,36)/t11-,14-,20-,27-/m0/s1. The molecule has 0 radical (unpaired) electrons. The number of phenols is 1. The van der Waals surface area contributed by atoms with Crippen molar-refractivity contribution in [2.45, 2.75) is 44.5 Å². The Labute approximate surface area is 244 Å². The van der Waals surface area contributed by atoms with Crippen LogP contribution in [0.1, 0.15) is 37.0 Å². The maximum atomic E-state index is 14.3. The lowest BCUT2D eigenvalue weighted by Crippen LogP contribution is -2.65. The predicted octanol–water partition coefficient (Wildman–Crippen LogP) is 1.17. The average molecular weight is 611 g/mol. The van der Waals surface area contributed by atoms with Crippen LogP contribution in [0.25, 0.3) is 5.76 Å². The van der Waals surface area contributed by atoms with Gasteiger partial charge in [0.15, 0.2) is 11.4 Å². The largest absolute Gasteiger partial charge is 0.508 e. The second-order valence-electron chi connectivity index (χ2n) is 11.7. The van der Waals surface area contributed by atoms with Crippen LogP contribution < -0.4 is 16.4 Å². The van der Waals surface area contributed by atoms with E-state index in [2.05, 4.69) is 10.6 Å². The summed E-state index contributed by atoms with van der Waals surface area (Å²) in [6.07, 6.45) is -5.94. The number of aliphatic hydroxyl groups excluding tert-OH is 2. The molecular weight excluding hydrogens is 577 g/mol. The van der Waals surface area contributed by atoms with Gasteiger partial charge in [-0.15, -0.1) is 0 Å². The van der Waals surface area contributed by atoms with Gasteiger partial charge in [0.2, 0.25) is 11.7 Å². The van der Waals surface area contributed by atoms with E-state index in [1.165, 1.54) is 19.0 Å². The highest BCUT2D eigenvalue weighted by molar-refractivity contribution is 6.24. The number of carbonyl (C=O) groups is 4. The van der Waals surface area contributed by atoms with Crippen molar-refractivity contribution in [3.63, 3.8) is 0 Å². The minimum absolute atomic E-state index is 0.171. The fourth-order valence-electron chi connectivity index (χ4n) is 6.33. The van der Waals surface area contributed by atoms with Gasteiger partial charge >= 0.3 is 6.18 Å². The number of alkyl halides is 3. The van der Waals surface area contributed by atoms with Crippen molar-refractivity contribution in [3.8, 4) is 5.75 Å². The van der Waals surface area contributed by atoms with E-state index < -0.39 is 110 Å². The van der Waals surface area contributed by atoms with Crippen molar-refractivity contribution in [3.05, 3.63) is 39.7 Å². The SMILES string of the molecule is CC(C)CNCC(=O)Nc1cc(C(F)(F)F)c2c(c1O)C(O)=C1C(=O)[C@]3(O)C(O)=C(C(N)=O)C(=O)[C@@H](N(C)C)[C@@H]3C[C@@H]1C2. The molecule has 15 heteroatoms. The first-order chi connectivity index (χ1) is 19.8. The first-order valence-corrected chi connectivity index (χ1v) is 13.4. The number of anilines is 1. The quantitative estimate of drug-likeness (QED) is 0.173. The van der Waals surface area contributed by atoms with Gasteiger partial charge in [0, 0.05) is 11.5 Å². The van der Waals surface area contributed by atoms with Gasteiger partial charge in [-0.25, -0.2) is 0 Å². The van der Waals surface area contributed by atoms with Gasteiger partial charge in [0.25, 0.3) is 5.91 Å². The van der Waals surface area contributed by atoms with Gasteiger partial charge < -0.3 is 36.8 Å². The second-order valence-corrected chi connectivity index (χ2v) is 11.7. The lowest BCUT2D eigenvalue weighted by atomic mass is 9.57. The van der Waals surface area contributed by atoms with Gasteiger partial charge in [-0.2, -0.15) is 13.2 Å². The van der Waals surface area contributed by atoms with Crippen LogP contribution in [0.2, 0.25) is 0 Å². The number of Topliss-reactive ketones (excluding diaryl/α,β-unsaturated/α-hetero) is 2. The molecule has 4 atom stereocenters. The molecule has 12 nitrogen and oxygen atoms in total. The van der Waals surface area contributed by atoms with E-state index in [0.717, 1.165) is 0 Å². The first kappa shape index (κ1) is 32.0.